The first kappa shape index (κ1) is 15.7. The Morgan fingerprint density at radius 3 is 2.85 bits per heavy atom. The van der Waals surface area contributed by atoms with Crippen molar-refractivity contribution in [3.63, 3.8) is 0 Å². The summed E-state index contributed by atoms with van der Waals surface area (Å²) in [5.41, 5.74) is 6.58. The van der Waals surface area contributed by atoms with Crippen LogP contribution in [0.1, 0.15) is 24.3 Å². The molecular weight excluding hydrogens is 278 g/mol. The van der Waals surface area contributed by atoms with Gasteiger partial charge in [0.25, 0.3) is 0 Å². The van der Waals surface area contributed by atoms with Gasteiger partial charge in [0.2, 0.25) is 0 Å². The molecule has 2 N–H and O–H groups in total. The largest absolute Gasteiger partial charge is 0.327 e. The van der Waals surface area contributed by atoms with Crippen molar-refractivity contribution in [1.82, 2.24) is 4.90 Å². The van der Waals surface area contributed by atoms with Crippen LogP contribution in [0.5, 0.6) is 0 Å². The molecule has 1 saturated heterocycles. The van der Waals surface area contributed by atoms with E-state index < -0.39 is 11.6 Å². The summed E-state index contributed by atoms with van der Waals surface area (Å²) >= 11 is 1.79. The van der Waals surface area contributed by atoms with Gasteiger partial charge < -0.3 is 10.6 Å². The van der Waals surface area contributed by atoms with Gasteiger partial charge in [-0.3, -0.25) is 0 Å². The fourth-order valence-electron chi connectivity index (χ4n) is 2.81. The molecule has 5 heteroatoms. The van der Waals surface area contributed by atoms with E-state index in [9.17, 15) is 8.78 Å². The molecule has 1 aromatic rings. The van der Waals surface area contributed by atoms with E-state index in [1.54, 1.807) is 23.9 Å². The average molecular weight is 300 g/mol. The number of halogens is 2. The number of nitrogens with two attached hydrogens (primary N) is 1. The van der Waals surface area contributed by atoms with Gasteiger partial charge in [0, 0.05) is 31.4 Å². The second kappa shape index (κ2) is 7.38. The van der Waals surface area contributed by atoms with Crippen molar-refractivity contribution >= 4 is 11.8 Å². The van der Waals surface area contributed by atoms with E-state index in [0.717, 1.165) is 38.2 Å². The van der Waals surface area contributed by atoms with Gasteiger partial charge in [-0.25, -0.2) is 8.78 Å². The molecule has 0 bridgehead atoms. The van der Waals surface area contributed by atoms with E-state index >= 15 is 0 Å². The van der Waals surface area contributed by atoms with Gasteiger partial charge in [0.15, 0.2) is 11.6 Å². The zero-order valence-corrected chi connectivity index (χ0v) is 12.6. The Balaban J connectivity index is 2.15. The summed E-state index contributed by atoms with van der Waals surface area (Å²) in [5.74, 6) is -0.393. The smallest absolute Gasteiger partial charge is 0.162 e. The van der Waals surface area contributed by atoms with Crippen LogP contribution in [-0.2, 0) is 0 Å². The SMILES string of the molecule is CSCCN1C[C@H](N)CC[C@@H](c2cccc(F)c2F)C1. The maximum atomic E-state index is 14.0. The van der Waals surface area contributed by atoms with Crippen LogP contribution in [0.4, 0.5) is 8.78 Å². The number of nitrogens with zero attached hydrogens (tertiary/aromatic N) is 1. The standard InChI is InChI=1S/C15H22F2N2S/c1-20-8-7-19-9-11(5-6-12(18)10-19)13-3-2-4-14(16)15(13)17/h2-4,11-12H,5-10,18H2,1H3/t11-,12-/m1/s1. The summed E-state index contributed by atoms with van der Waals surface area (Å²) in [4.78, 5) is 2.28. The van der Waals surface area contributed by atoms with E-state index in [-0.39, 0.29) is 12.0 Å². The predicted molar refractivity (Wildman–Crippen MR) is 81.1 cm³/mol. The van der Waals surface area contributed by atoms with Crippen molar-refractivity contribution in [1.29, 1.82) is 0 Å². The van der Waals surface area contributed by atoms with Gasteiger partial charge in [-0.05, 0) is 36.6 Å². The fraction of sp³-hybridized carbons (Fsp3) is 0.600. The van der Waals surface area contributed by atoms with Gasteiger partial charge in [-0.2, -0.15) is 11.8 Å². The first-order valence-corrected chi connectivity index (χ1v) is 8.42. The highest BCUT2D eigenvalue weighted by molar-refractivity contribution is 7.98. The predicted octanol–water partition coefficient (Wildman–Crippen LogP) is 2.83. The lowest BCUT2D eigenvalue weighted by molar-refractivity contribution is 0.276. The topological polar surface area (TPSA) is 29.3 Å². The van der Waals surface area contributed by atoms with Gasteiger partial charge in [-0.1, -0.05) is 12.1 Å². The number of benzene rings is 1. The second-order valence-electron chi connectivity index (χ2n) is 5.43. The minimum atomic E-state index is -0.758. The van der Waals surface area contributed by atoms with Gasteiger partial charge >= 0.3 is 0 Å². The Bertz CT molecular complexity index is 442. The molecule has 0 unspecified atom stereocenters. The van der Waals surface area contributed by atoms with Crippen molar-refractivity contribution in [3.05, 3.63) is 35.4 Å². The summed E-state index contributed by atoms with van der Waals surface area (Å²) in [5, 5.41) is 0. The first-order valence-electron chi connectivity index (χ1n) is 7.02. The lowest BCUT2D eigenvalue weighted by Gasteiger charge is -2.25. The van der Waals surface area contributed by atoms with E-state index in [1.165, 1.54) is 6.07 Å². The third-order valence-electron chi connectivity index (χ3n) is 3.89. The summed E-state index contributed by atoms with van der Waals surface area (Å²) in [7, 11) is 0. The number of hydrogen-bond acceptors (Lipinski definition) is 3. The summed E-state index contributed by atoms with van der Waals surface area (Å²) in [6, 6.07) is 4.59. The molecule has 0 amide bonds. The quantitative estimate of drug-likeness (QED) is 0.927. The van der Waals surface area contributed by atoms with Crippen molar-refractivity contribution < 1.29 is 8.78 Å². The van der Waals surface area contributed by atoms with Crippen molar-refractivity contribution in [2.75, 3.05) is 31.6 Å². The zero-order valence-electron chi connectivity index (χ0n) is 11.8. The van der Waals surface area contributed by atoms with Crippen LogP contribution in [0.2, 0.25) is 0 Å². The van der Waals surface area contributed by atoms with Gasteiger partial charge in [-0.15, -0.1) is 0 Å². The highest BCUT2D eigenvalue weighted by atomic mass is 32.2. The average Bonchev–Trinajstić information content (AvgIpc) is 2.61. The lowest BCUT2D eigenvalue weighted by atomic mass is 9.93. The molecule has 2 atom stereocenters. The summed E-state index contributed by atoms with van der Waals surface area (Å²) in [6.45, 7) is 2.55. The Hall–Kier alpha value is -0.650. The van der Waals surface area contributed by atoms with E-state index in [4.69, 9.17) is 5.73 Å². The zero-order chi connectivity index (χ0) is 14.5. The van der Waals surface area contributed by atoms with E-state index in [2.05, 4.69) is 11.2 Å². The van der Waals surface area contributed by atoms with Crippen molar-refractivity contribution in [2.24, 2.45) is 5.73 Å². The number of rotatable bonds is 4. The summed E-state index contributed by atoms with van der Waals surface area (Å²) < 4.78 is 27.4. The molecule has 1 aliphatic rings. The minimum Gasteiger partial charge on any atom is -0.327 e. The molecule has 112 valence electrons. The third-order valence-corrected chi connectivity index (χ3v) is 4.48. The highest BCUT2D eigenvalue weighted by Crippen LogP contribution is 2.29. The van der Waals surface area contributed by atoms with E-state index in [0.29, 0.717) is 5.56 Å². The Labute approximate surface area is 123 Å². The minimum absolute atomic E-state index is 0.0288. The molecule has 0 aliphatic carbocycles. The molecule has 0 spiro atoms. The van der Waals surface area contributed by atoms with Crippen LogP contribution < -0.4 is 5.73 Å². The molecule has 2 rings (SSSR count). The Kier molecular flexibility index (Phi) is 5.81. The van der Waals surface area contributed by atoms with Crippen LogP contribution in [0.15, 0.2) is 18.2 Å². The van der Waals surface area contributed by atoms with Crippen molar-refractivity contribution in [3.8, 4) is 0 Å². The molecule has 0 radical (unpaired) electrons. The van der Waals surface area contributed by atoms with Gasteiger partial charge in [0.05, 0.1) is 0 Å². The van der Waals surface area contributed by atoms with E-state index in [1.807, 2.05) is 0 Å². The second-order valence-corrected chi connectivity index (χ2v) is 6.42. The third kappa shape index (κ3) is 3.93. The lowest BCUT2D eigenvalue weighted by Crippen LogP contribution is -2.37. The number of likely N-dealkylation sites (tertiary alicyclic amines) is 1. The maximum absolute atomic E-state index is 14.0. The molecule has 1 aliphatic heterocycles. The van der Waals surface area contributed by atoms with Gasteiger partial charge in [0.1, 0.15) is 0 Å². The molecule has 20 heavy (non-hydrogen) atoms. The monoisotopic (exact) mass is 300 g/mol. The molecule has 1 heterocycles. The first-order chi connectivity index (χ1) is 9.61. The molecule has 0 aromatic heterocycles. The van der Waals surface area contributed by atoms with Crippen LogP contribution in [0.3, 0.4) is 0 Å². The van der Waals surface area contributed by atoms with Crippen LogP contribution in [0, 0.1) is 11.6 Å². The molecule has 2 nitrogen and oxygen atoms in total. The molecular formula is C15H22F2N2S. The van der Waals surface area contributed by atoms with Crippen LogP contribution in [-0.4, -0.2) is 42.6 Å². The van der Waals surface area contributed by atoms with Crippen LogP contribution >= 0.6 is 11.8 Å². The normalized spacial score (nSPS) is 24.6. The number of thioether (sulfide) groups is 1. The fourth-order valence-corrected chi connectivity index (χ4v) is 3.25. The Morgan fingerprint density at radius 1 is 1.30 bits per heavy atom. The van der Waals surface area contributed by atoms with Crippen LogP contribution in [0.25, 0.3) is 0 Å². The maximum Gasteiger partial charge on any atom is 0.162 e. The summed E-state index contributed by atoms with van der Waals surface area (Å²) in [6.07, 6.45) is 3.75. The molecule has 0 saturated carbocycles. The van der Waals surface area contributed by atoms with Crippen molar-refractivity contribution in [2.45, 2.75) is 24.8 Å². The molecule has 1 fully saturated rings. The highest BCUT2D eigenvalue weighted by Gasteiger charge is 2.25. The number of hydrogen-bond donors (Lipinski definition) is 1. The Morgan fingerprint density at radius 2 is 2.10 bits per heavy atom. The molecule has 1 aromatic carbocycles.